The van der Waals surface area contributed by atoms with Gasteiger partial charge in [-0.15, -0.1) is 0 Å². The number of likely N-dealkylation sites (N-methyl/N-ethyl adjacent to an activating group) is 1. The van der Waals surface area contributed by atoms with E-state index in [2.05, 4.69) is 11.8 Å². The van der Waals surface area contributed by atoms with Crippen LogP contribution in [0, 0.1) is 0 Å². The Bertz CT molecular complexity index is 1430. The van der Waals surface area contributed by atoms with Gasteiger partial charge < -0.3 is 28.7 Å². The predicted molar refractivity (Wildman–Crippen MR) is 167 cm³/mol. The number of piperazine rings is 1. The topological polar surface area (TPSA) is 29.5 Å². The third-order valence-corrected chi connectivity index (χ3v) is 9.23. The van der Waals surface area contributed by atoms with Crippen LogP contribution in [0.1, 0.15) is 131 Å². The molecule has 0 N–H and O–H groups in total. The smallest absolute Gasteiger partial charge is 0.310 e. The van der Waals surface area contributed by atoms with Gasteiger partial charge in [0.2, 0.25) is 6.73 Å². The van der Waals surface area contributed by atoms with Crippen LogP contribution < -0.4 is 24.0 Å². The lowest BCUT2D eigenvalue weighted by atomic mass is 9.92. The molecule has 3 atom stereocenters. The van der Waals surface area contributed by atoms with Gasteiger partial charge in [-0.2, -0.15) is 0 Å². The monoisotopic (exact) mass is 702 g/mol. The van der Waals surface area contributed by atoms with Crippen molar-refractivity contribution in [3.63, 3.8) is 0 Å². The molecule has 1 heterocycles. The number of carbonyl (C=O) groups excluding carboxylic acids is 1. The first kappa shape index (κ1) is 24.2. The van der Waals surface area contributed by atoms with Crippen LogP contribution >= 0.6 is 11.6 Å². The van der Waals surface area contributed by atoms with E-state index in [4.69, 9.17) is 27.3 Å². The molecule has 0 radical (unpaired) electrons. The Morgan fingerprint density at radius 3 is 2.41 bits per heavy atom. The van der Waals surface area contributed by atoms with E-state index in [1.165, 1.54) is 38.5 Å². The fourth-order valence-electron chi connectivity index (χ4n) is 6.33. The fourth-order valence-corrected chi connectivity index (χ4v) is 6.52. The SMILES string of the molecule is [2H]c1c([2H])c([2H])c([C@@H]2C[C@@H](N3CC[N@+](COC(=O)CCCCCCCCCCC)(C([2H])([2H])[2H])C(C)(C)C3)c3cc(Cl)ccc32)c([2H])c1[2H].[I-]. The molecule has 0 amide bonds. The van der Waals surface area contributed by atoms with Crippen molar-refractivity contribution in [2.24, 2.45) is 0 Å². The van der Waals surface area contributed by atoms with Crippen molar-refractivity contribution >= 4 is 17.6 Å². The van der Waals surface area contributed by atoms with Gasteiger partial charge in [0.25, 0.3) is 0 Å². The van der Waals surface area contributed by atoms with E-state index in [9.17, 15) is 4.79 Å². The van der Waals surface area contributed by atoms with Gasteiger partial charge >= 0.3 is 5.97 Å². The number of unbranched alkanes of at least 4 members (excludes halogenated alkanes) is 8. The van der Waals surface area contributed by atoms with Crippen LogP contribution in [0.2, 0.25) is 5.02 Å². The number of hydrogen-bond acceptors (Lipinski definition) is 3. The van der Waals surface area contributed by atoms with E-state index in [1.54, 1.807) is 6.07 Å². The van der Waals surface area contributed by atoms with Crippen LogP contribution in [0.25, 0.3) is 0 Å². The molecular weight excluding hydrogens is 643 g/mol. The molecule has 0 spiro atoms. The number of quaternary nitrogens is 1. The van der Waals surface area contributed by atoms with E-state index in [1.807, 2.05) is 26.0 Å². The molecule has 6 heteroatoms. The molecule has 1 saturated heterocycles. The summed E-state index contributed by atoms with van der Waals surface area (Å²) in [4.78, 5) is 15.0. The number of benzene rings is 2. The molecule has 228 valence electrons. The Hall–Kier alpha value is -1.15. The number of rotatable bonds is 14. The van der Waals surface area contributed by atoms with Gasteiger partial charge in [-0.3, -0.25) is 14.2 Å². The minimum absolute atomic E-state index is 0. The molecule has 1 fully saturated rings. The van der Waals surface area contributed by atoms with E-state index in [0.717, 1.165) is 30.4 Å². The van der Waals surface area contributed by atoms with Crippen LogP contribution in [0.15, 0.2) is 48.4 Å². The molecule has 0 aromatic heterocycles. The highest BCUT2D eigenvalue weighted by molar-refractivity contribution is 6.30. The summed E-state index contributed by atoms with van der Waals surface area (Å²) in [6.45, 7) is 4.36. The van der Waals surface area contributed by atoms with Crippen molar-refractivity contribution < 1.29 is 49.0 Å². The average molecular weight is 703 g/mol. The molecule has 1 aliphatic carbocycles. The van der Waals surface area contributed by atoms with Gasteiger partial charge in [0, 0.05) is 29.9 Å². The molecule has 2 aromatic carbocycles. The number of halogens is 2. The van der Waals surface area contributed by atoms with Gasteiger partial charge in [-0.25, -0.2) is 0 Å². The molecule has 4 rings (SSSR count). The van der Waals surface area contributed by atoms with Crippen molar-refractivity contribution in [1.29, 1.82) is 0 Å². The van der Waals surface area contributed by atoms with Gasteiger partial charge in [-0.05, 0) is 55.5 Å². The summed E-state index contributed by atoms with van der Waals surface area (Å²) in [5.41, 5.74) is 1.19. The van der Waals surface area contributed by atoms with Crippen LogP contribution in [0.4, 0.5) is 0 Å². The molecule has 1 aliphatic heterocycles. The Kier molecular flexibility index (Phi) is 9.49. The van der Waals surface area contributed by atoms with Gasteiger partial charge in [0.15, 0.2) is 0 Å². The maximum absolute atomic E-state index is 12.8. The molecule has 2 aliphatic rings. The maximum atomic E-state index is 12.8. The highest BCUT2D eigenvalue weighted by atomic mass is 127. The second kappa shape index (κ2) is 16.1. The lowest BCUT2D eigenvalue weighted by molar-refractivity contribution is -0.974. The number of ether oxygens (including phenoxy) is 1. The van der Waals surface area contributed by atoms with E-state index >= 15 is 0 Å². The summed E-state index contributed by atoms with van der Waals surface area (Å²) >= 11 is 6.47. The lowest BCUT2D eigenvalue weighted by Gasteiger charge is -2.53. The Balaban J connectivity index is 0.00000650. The number of esters is 1. The first-order valence-corrected chi connectivity index (χ1v) is 15.6. The van der Waals surface area contributed by atoms with Crippen molar-refractivity contribution in [2.45, 2.75) is 109 Å². The van der Waals surface area contributed by atoms with Crippen LogP contribution in [0.3, 0.4) is 0 Å². The Morgan fingerprint density at radius 2 is 1.76 bits per heavy atom. The standard InChI is InChI=1S/C35H52ClN2O2.HI/c1-5-6-7-8-9-10-11-12-16-19-34(39)40-27-38(4)23-22-37(26-35(38,2)3)33-25-31(28-17-14-13-15-18-28)30-21-20-29(36)24-32(30)33;/h13-15,17-18,20-21,24,31,33H,5-12,16,19,22-23,25-27H2,1-4H3;1H/q+1;/p-1/t31-,33+,38-;/m0./s1/i4D3,13D,14D,15D,17D,18D;. The highest BCUT2D eigenvalue weighted by Gasteiger charge is 2.49. The molecular formula is C35H52ClIN2O2. The van der Waals surface area contributed by atoms with Gasteiger partial charge in [0.05, 0.1) is 31.0 Å². The summed E-state index contributed by atoms with van der Waals surface area (Å²) in [6, 6.07) is 3.70. The molecule has 0 saturated carbocycles. The van der Waals surface area contributed by atoms with Crippen molar-refractivity contribution in [1.82, 2.24) is 4.90 Å². The number of carbonyl (C=O) groups is 1. The molecule has 4 nitrogen and oxygen atoms in total. The Labute approximate surface area is 283 Å². The minimum atomic E-state index is -2.43. The Morgan fingerprint density at radius 1 is 1.07 bits per heavy atom. The van der Waals surface area contributed by atoms with Crippen LogP contribution in [0.5, 0.6) is 0 Å². The second-order valence-electron chi connectivity index (χ2n) is 12.3. The van der Waals surface area contributed by atoms with Gasteiger partial charge in [0.1, 0.15) is 5.54 Å². The fraction of sp³-hybridized carbons (Fsp3) is 0.629. The molecule has 2 aromatic rings. The van der Waals surface area contributed by atoms with Crippen LogP contribution in [-0.2, 0) is 9.53 Å². The first-order valence-electron chi connectivity index (χ1n) is 19.2. The van der Waals surface area contributed by atoms with E-state index in [0.29, 0.717) is 24.5 Å². The van der Waals surface area contributed by atoms with Crippen molar-refractivity contribution in [3.05, 3.63) is 70.1 Å². The zero-order valence-electron chi connectivity index (χ0n) is 33.0. The van der Waals surface area contributed by atoms with E-state index in [-0.39, 0.29) is 89.9 Å². The maximum Gasteiger partial charge on any atom is 0.310 e. The zero-order chi connectivity index (χ0) is 35.4. The van der Waals surface area contributed by atoms with E-state index < -0.39 is 24.5 Å². The normalized spacial score (nSPS) is 26.6. The summed E-state index contributed by atoms with van der Waals surface area (Å²) in [5, 5.41) is 0.531. The zero-order valence-corrected chi connectivity index (χ0v) is 27.9. The molecule has 0 bridgehead atoms. The summed E-state index contributed by atoms with van der Waals surface area (Å²) in [5.74, 6) is -0.816. The summed E-state index contributed by atoms with van der Waals surface area (Å²) in [7, 11) is 0. The third kappa shape index (κ3) is 8.93. The second-order valence-corrected chi connectivity index (χ2v) is 12.8. The largest absolute Gasteiger partial charge is 1.00 e. The molecule has 0 unspecified atom stereocenters. The minimum Gasteiger partial charge on any atom is -1.00 e. The third-order valence-electron chi connectivity index (χ3n) is 9.00. The summed E-state index contributed by atoms with van der Waals surface area (Å²) in [6.07, 6.45) is 11.0. The number of hydrogen-bond donors (Lipinski definition) is 0. The van der Waals surface area contributed by atoms with Crippen molar-refractivity contribution in [2.75, 3.05) is 33.3 Å². The van der Waals surface area contributed by atoms with Crippen LogP contribution in [-0.4, -0.2) is 54.2 Å². The van der Waals surface area contributed by atoms with Crippen molar-refractivity contribution in [3.8, 4) is 0 Å². The summed E-state index contributed by atoms with van der Waals surface area (Å²) < 4.78 is 73.0. The first-order chi connectivity index (χ1) is 22.6. The quantitative estimate of drug-likeness (QED) is 0.107. The van der Waals surface area contributed by atoms with Gasteiger partial charge in [-0.1, -0.05) is 106 Å². The lowest BCUT2D eigenvalue weighted by Crippen LogP contribution is -3.00. The predicted octanol–water partition coefficient (Wildman–Crippen LogP) is 5.88. The average Bonchev–Trinajstić information content (AvgIpc) is 3.38. The number of fused-ring (bicyclic) bond motifs is 1. The number of nitrogens with zero attached hydrogens (tertiary/aromatic N) is 2. The highest BCUT2D eigenvalue weighted by Crippen LogP contribution is 2.48. The molecule has 41 heavy (non-hydrogen) atoms.